The van der Waals surface area contributed by atoms with Crippen LogP contribution in [0.2, 0.25) is 0 Å². The zero-order chi connectivity index (χ0) is 15.9. The van der Waals surface area contributed by atoms with Crippen molar-refractivity contribution in [2.75, 3.05) is 26.7 Å². The first-order valence-electron chi connectivity index (χ1n) is 9.04. The van der Waals surface area contributed by atoms with Gasteiger partial charge in [0.2, 0.25) is 0 Å². The Bertz CT molecular complexity index is 585. The van der Waals surface area contributed by atoms with Gasteiger partial charge in [0.1, 0.15) is 5.60 Å². The SMILES string of the molecule is CO[C@@]1(c2ccc(C#N)cc2)[C@@H]2CCC[C@H]1CN(CC1CC1)C2. The Morgan fingerprint density at radius 2 is 1.78 bits per heavy atom. The van der Waals surface area contributed by atoms with Gasteiger partial charge in [0, 0.05) is 38.6 Å². The number of hydrogen-bond donors (Lipinski definition) is 0. The minimum absolute atomic E-state index is 0.147. The number of benzene rings is 1. The highest BCUT2D eigenvalue weighted by Gasteiger charge is 2.53. The topological polar surface area (TPSA) is 36.3 Å². The molecular formula is C20H26N2O. The Kier molecular flexibility index (Phi) is 3.91. The van der Waals surface area contributed by atoms with E-state index in [0.717, 1.165) is 11.5 Å². The summed E-state index contributed by atoms with van der Waals surface area (Å²) >= 11 is 0. The number of ether oxygens (including phenoxy) is 1. The highest BCUT2D eigenvalue weighted by atomic mass is 16.5. The number of methoxy groups -OCH3 is 1. The maximum absolute atomic E-state index is 9.06. The van der Waals surface area contributed by atoms with E-state index in [0.29, 0.717) is 11.8 Å². The molecule has 0 spiro atoms. The van der Waals surface area contributed by atoms with E-state index >= 15 is 0 Å². The van der Waals surface area contributed by atoms with Gasteiger partial charge < -0.3 is 9.64 Å². The van der Waals surface area contributed by atoms with Gasteiger partial charge in [-0.05, 0) is 49.3 Å². The smallest absolute Gasteiger partial charge is 0.101 e. The predicted octanol–water partition coefficient (Wildman–Crippen LogP) is 3.54. The second kappa shape index (κ2) is 5.92. The van der Waals surface area contributed by atoms with Crippen molar-refractivity contribution in [2.24, 2.45) is 17.8 Å². The van der Waals surface area contributed by atoms with E-state index in [1.165, 1.54) is 57.3 Å². The van der Waals surface area contributed by atoms with Gasteiger partial charge in [-0.25, -0.2) is 0 Å². The third-order valence-corrected chi connectivity index (χ3v) is 6.29. The maximum Gasteiger partial charge on any atom is 0.101 e. The Morgan fingerprint density at radius 1 is 1.13 bits per heavy atom. The lowest BCUT2D eigenvalue weighted by atomic mass is 9.62. The summed E-state index contributed by atoms with van der Waals surface area (Å²) in [6, 6.07) is 10.4. The van der Waals surface area contributed by atoms with Crippen molar-refractivity contribution in [3.8, 4) is 6.07 Å². The van der Waals surface area contributed by atoms with Gasteiger partial charge in [-0.3, -0.25) is 0 Å². The molecule has 3 atom stereocenters. The molecule has 3 fully saturated rings. The second-order valence-corrected chi connectivity index (χ2v) is 7.67. The molecule has 2 saturated carbocycles. The molecule has 0 amide bonds. The molecule has 1 aromatic rings. The molecule has 3 nitrogen and oxygen atoms in total. The number of likely N-dealkylation sites (tertiary alicyclic amines) is 1. The zero-order valence-electron chi connectivity index (χ0n) is 14.0. The van der Waals surface area contributed by atoms with Gasteiger partial charge in [0.05, 0.1) is 11.6 Å². The van der Waals surface area contributed by atoms with Crippen LogP contribution in [-0.4, -0.2) is 31.6 Å². The molecule has 1 aliphatic heterocycles. The predicted molar refractivity (Wildman–Crippen MR) is 89.8 cm³/mol. The summed E-state index contributed by atoms with van der Waals surface area (Å²) in [4.78, 5) is 2.70. The minimum atomic E-state index is -0.147. The van der Waals surface area contributed by atoms with Gasteiger partial charge in [0.15, 0.2) is 0 Å². The molecule has 1 aromatic carbocycles. The van der Waals surface area contributed by atoms with Gasteiger partial charge in [-0.1, -0.05) is 18.6 Å². The summed E-state index contributed by atoms with van der Waals surface area (Å²) in [5.41, 5.74) is 1.86. The first kappa shape index (κ1) is 15.2. The van der Waals surface area contributed by atoms with Gasteiger partial charge >= 0.3 is 0 Å². The van der Waals surface area contributed by atoms with Crippen molar-refractivity contribution in [1.82, 2.24) is 4.90 Å². The second-order valence-electron chi connectivity index (χ2n) is 7.67. The lowest BCUT2D eigenvalue weighted by Crippen LogP contribution is -2.59. The lowest BCUT2D eigenvalue weighted by molar-refractivity contribution is -0.169. The largest absolute Gasteiger partial charge is 0.373 e. The van der Waals surface area contributed by atoms with E-state index in [-0.39, 0.29) is 5.60 Å². The van der Waals surface area contributed by atoms with E-state index in [4.69, 9.17) is 10.00 Å². The van der Waals surface area contributed by atoms with Crippen LogP contribution in [0.3, 0.4) is 0 Å². The van der Waals surface area contributed by atoms with E-state index < -0.39 is 0 Å². The molecule has 0 N–H and O–H groups in total. The van der Waals surface area contributed by atoms with Gasteiger partial charge in [-0.2, -0.15) is 5.26 Å². The molecule has 3 aliphatic rings. The van der Waals surface area contributed by atoms with Crippen LogP contribution in [0.5, 0.6) is 0 Å². The van der Waals surface area contributed by atoms with Crippen LogP contribution in [0.4, 0.5) is 0 Å². The summed E-state index contributed by atoms with van der Waals surface area (Å²) in [5.74, 6) is 2.11. The van der Waals surface area contributed by atoms with E-state index in [1.54, 1.807) is 0 Å². The zero-order valence-corrected chi connectivity index (χ0v) is 14.0. The monoisotopic (exact) mass is 310 g/mol. The molecule has 1 saturated heterocycles. The van der Waals surface area contributed by atoms with Crippen molar-refractivity contribution >= 4 is 0 Å². The molecule has 2 bridgehead atoms. The van der Waals surface area contributed by atoms with Crippen molar-refractivity contribution in [2.45, 2.75) is 37.7 Å². The summed E-state index contributed by atoms with van der Waals surface area (Å²) < 4.78 is 6.26. The fraction of sp³-hybridized carbons (Fsp3) is 0.650. The normalized spacial score (nSPS) is 34.1. The minimum Gasteiger partial charge on any atom is -0.373 e. The van der Waals surface area contributed by atoms with Crippen LogP contribution < -0.4 is 0 Å². The molecular weight excluding hydrogens is 284 g/mol. The lowest BCUT2D eigenvalue weighted by Gasteiger charge is -2.55. The average molecular weight is 310 g/mol. The fourth-order valence-electron chi connectivity index (χ4n) is 5.07. The molecule has 23 heavy (non-hydrogen) atoms. The quantitative estimate of drug-likeness (QED) is 0.853. The van der Waals surface area contributed by atoms with Crippen molar-refractivity contribution in [1.29, 1.82) is 5.26 Å². The average Bonchev–Trinajstić information content (AvgIpc) is 3.38. The van der Waals surface area contributed by atoms with Crippen molar-refractivity contribution in [3.63, 3.8) is 0 Å². The standard InChI is InChI=1S/C20H26N2O/c1-23-20(17-9-7-15(11-21)8-10-17)18-3-2-4-19(20)14-22(13-18)12-16-5-6-16/h7-10,16,18-19H,2-6,12-14H2,1H3/t18-,19+,20+. The van der Waals surface area contributed by atoms with Crippen molar-refractivity contribution < 1.29 is 4.74 Å². The fourth-order valence-corrected chi connectivity index (χ4v) is 5.07. The molecule has 0 aromatic heterocycles. The first-order chi connectivity index (χ1) is 11.3. The highest BCUT2D eigenvalue weighted by molar-refractivity contribution is 5.36. The maximum atomic E-state index is 9.06. The van der Waals surface area contributed by atoms with Crippen LogP contribution in [0, 0.1) is 29.1 Å². The molecule has 4 rings (SSSR count). The number of nitriles is 1. The van der Waals surface area contributed by atoms with Crippen LogP contribution >= 0.6 is 0 Å². The Balaban J connectivity index is 1.64. The molecule has 3 heteroatoms. The molecule has 0 unspecified atom stereocenters. The third kappa shape index (κ3) is 2.58. The van der Waals surface area contributed by atoms with Crippen LogP contribution in [0.25, 0.3) is 0 Å². The summed E-state index contributed by atoms with van der Waals surface area (Å²) in [6.45, 7) is 3.63. The van der Waals surface area contributed by atoms with Crippen LogP contribution in [-0.2, 0) is 10.3 Å². The van der Waals surface area contributed by atoms with Gasteiger partial charge in [0.25, 0.3) is 0 Å². The number of nitrogens with zero attached hydrogens (tertiary/aromatic N) is 2. The van der Waals surface area contributed by atoms with E-state index in [1.807, 2.05) is 19.2 Å². The van der Waals surface area contributed by atoms with Crippen molar-refractivity contribution in [3.05, 3.63) is 35.4 Å². The summed E-state index contributed by atoms with van der Waals surface area (Å²) in [6.07, 6.45) is 6.69. The molecule has 1 heterocycles. The van der Waals surface area contributed by atoms with Crippen LogP contribution in [0.15, 0.2) is 24.3 Å². The molecule has 2 aliphatic carbocycles. The Morgan fingerprint density at radius 3 is 2.30 bits per heavy atom. The third-order valence-electron chi connectivity index (χ3n) is 6.29. The highest BCUT2D eigenvalue weighted by Crippen LogP contribution is 2.51. The summed E-state index contributed by atoms with van der Waals surface area (Å²) in [5, 5.41) is 9.06. The summed E-state index contributed by atoms with van der Waals surface area (Å²) in [7, 11) is 1.89. The number of rotatable bonds is 4. The molecule has 122 valence electrons. The van der Waals surface area contributed by atoms with Gasteiger partial charge in [-0.15, -0.1) is 0 Å². The first-order valence-corrected chi connectivity index (χ1v) is 9.04. The number of piperidine rings is 1. The number of hydrogen-bond acceptors (Lipinski definition) is 3. The van der Waals surface area contributed by atoms with Crippen LogP contribution in [0.1, 0.15) is 43.2 Å². The van der Waals surface area contributed by atoms with E-state index in [2.05, 4.69) is 23.1 Å². The number of fused-ring (bicyclic) bond motifs is 2. The van der Waals surface area contributed by atoms with E-state index in [9.17, 15) is 0 Å². The Labute approximate surface area is 139 Å². The Hall–Kier alpha value is -1.37. The molecule has 0 radical (unpaired) electrons.